The van der Waals surface area contributed by atoms with Crippen molar-refractivity contribution in [2.45, 2.75) is 69.5 Å². The SMILES string of the molecule is CC(CNC1CCCCC1c1ccccc1)N(C)C1CC1. The lowest BCUT2D eigenvalue weighted by Gasteiger charge is -2.35. The number of benzene rings is 1. The summed E-state index contributed by atoms with van der Waals surface area (Å²) in [5.74, 6) is 0.707. The van der Waals surface area contributed by atoms with E-state index < -0.39 is 0 Å². The highest BCUT2D eigenvalue weighted by atomic mass is 15.2. The molecule has 3 rings (SSSR count). The molecule has 2 aliphatic rings. The number of hydrogen-bond acceptors (Lipinski definition) is 2. The quantitative estimate of drug-likeness (QED) is 0.856. The van der Waals surface area contributed by atoms with Crippen LogP contribution in [0.3, 0.4) is 0 Å². The molecule has 1 aromatic rings. The minimum atomic E-state index is 0.649. The zero-order chi connectivity index (χ0) is 14.7. The number of rotatable bonds is 6. The van der Waals surface area contributed by atoms with Gasteiger partial charge in [-0.15, -0.1) is 0 Å². The average molecular weight is 286 g/mol. The topological polar surface area (TPSA) is 15.3 Å². The highest BCUT2D eigenvalue weighted by Crippen LogP contribution is 2.33. The zero-order valence-electron chi connectivity index (χ0n) is 13.6. The van der Waals surface area contributed by atoms with E-state index in [-0.39, 0.29) is 0 Å². The van der Waals surface area contributed by atoms with Gasteiger partial charge in [0.2, 0.25) is 0 Å². The molecule has 21 heavy (non-hydrogen) atoms. The fourth-order valence-corrected chi connectivity index (χ4v) is 3.78. The van der Waals surface area contributed by atoms with Crippen LogP contribution in [0.25, 0.3) is 0 Å². The summed E-state index contributed by atoms with van der Waals surface area (Å²) in [6, 6.07) is 13.3. The van der Waals surface area contributed by atoms with Crippen LogP contribution in [0, 0.1) is 0 Å². The fraction of sp³-hybridized carbons (Fsp3) is 0.684. The molecule has 3 atom stereocenters. The average Bonchev–Trinajstić information content (AvgIpc) is 3.38. The van der Waals surface area contributed by atoms with E-state index in [0.29, 0.717) is 18.0 Å². The fourth-order valence-electron chi connectivity index (χ4n) is 3.78. The van der Waals surface area contributed by atoms with Gasteiger partial charge in [-0.05, 0) is 51.1 Å². The molecular formula is C19H30N2. The standard InChI is InChI=1S/C19H30N2/c1-15(21(2)17-12-13-17)14-20-19-11-7-6-10-18(19)16-8-4-3-5-9-16/h3-5,8-9,15,17-20H,6-7,10-14H2,1-2H3. The molecule has 0 heterocycles. The number of hydrogen-bond donors (Lipinski definition) is 1. The summed E-state index contributed by atoms with van der Waals surface area (Å²) in [5.41, 5.74) is 1.53. The second-order valence-electron chi connectivity index (χ2n) is 7.06. The van der Waals surface area contributed by atoms with Gasteiger partial charge in [0.1, 0.15) is 0 Å². The molecule has 2 saturated carbocycles. The van der Waals surface area contributed by atoms with Crippen LogP contribution in [0.2, 0.25) is 0 Å². The summed E-state index contributed by atoms with van der Waals surface area (Å²) in [6.07, 6.45) is 8.24. The summed E-state index contributed by atoms with van der Waals surface area (Å²) in [6.45, 7) is 3.49. The Bertz CT molecular complexity index is 426. The lowest BCUT2D eigenvalue weighted by Crippen LogP contribution is -2.45. The second kappa shape index (κ2) is 6.93. The summed E-state index contributed by atoms with van der Waals surface area (Å²) in [4.78, 5) is 2.56. The van der Waals surface area contributed by atoms with Crippen molar-refractivity contribution in [1.29, 1.82) is 0 Å². The maximum absolute atomic E-state index is 3.89. The summed E-state index contributed by atoms with van der Waals surface area (Å²) < 4.78 is 0. The molecular weight excluding hydrogens is 256 g/mol. The number of nitrogens with one attached hydrogen (secondary N) is 1. The first kappa shape index (κ1) is 15.1. The lowest BCUT2D eigenvalue weighted by atomic mass is 9.80. The van der Waals surface area contributed by atoms with Crippen molar-refractivity contribution in [2.75, 3.05) is 13.6 Å². The van der Waals surface area contributed by atoms with Crippen molar-refractivity contribution in [3.05, 3.63) is 35.9 Å². The molecule has 116 valence electrons. The summed E-state index contributed by atoms with van der Waals surface area (Å²) in [5, 5.41) is 3.89. The van der Waals surface area contributed by atoms with Crippen molar-refractivity contribution in [3.63, 3.8) is 0 Å². The van der Waals surface area contributed by atoms with Crippen LogP contribution in [0.1, 0.15) is 56.9 Å². The van der Waals surface area contributed by atoms with E-state index >= 15 is 0 Å². The Morgan fingerprint density at radius 1 is 1.10 bits per heavy atom. The molecule has 2 heteroatoms. The van der Waals surface area contributed by atoms with E-state index in [1.54, 1.807) is 0 Å². The predicted octanol–water partition coefficient (Wildman–Crippen LogP) is 3.79. The van der Waals surface area contributed by atoms with E-state index in [1.165, 1.54) is 44.1 Å². The lowest BCUT2D eigenvalue weighted by molar-refractivity contribution is 0.223. The number of nitrogens with zero attached hydrogens (tertiary/aromatic N) is 1. The Hall–Kier alpha value is -0.860. The van der Waals surface area contributed by atoms with Crippen LogP contribution >= 0.6 is 0 Å². The van der Waals surface area contributed by atoms with Crippen LogP contribution in [-0.2, 0) is 0 Å². The van der Waals surface area contributed by atoms with Crippen molar-refractivity contribution in [2.24, 2.45) is 0 Å². The van der Waals surface area contributed by atoms with Gasteiger partial charge in [-0.25, -0.2) is 0 Å². The minimum Gasteiger partial charge on any atom is -0.312 e. The van der Waals surface area contributed by atoms with Gasteiger partial charge < -0.3 is 5.32 Å². The Labute approximate surface area is 129 Å². The molecule has 3 unspecified atom stereocenters. The third-order valence-electron chi connectivity index (χ3n) is 5.49. The molecule has 0 saturated heterocycles. The monoisotopic (exact) mass is 286 g/mol. The predicted molar refractivity (Wildman–Crippen MR) is 89.7 cm³/mol. The maximum atomic E-state index is 3.89. The van der Waals surface area contributed by atoms with Gasteiger partial charge in [0, 0.05) is 24.7 Å². The molecule has 1 N–H and O–H groups in total. The third kappa shape index (κ3) is 3.87. The molecule has 2 nitrogen and oxygen atoms in total. The van der Waals surface area contributed by atoms with E-state index in [4.69, 9.17) is 0 Å². The molecule has 0 amide bonds. The van der Waals surface area contributed by atoms with Gasteiger partial charge in [-0.1, -0.05) is 43.2 Å². The molecule has 0 aliphatic heterocycles. The normalized spacial score (nSPS) is 27.8. The van der Waals surface area contributed by atoms with Gasteiger partial charge in [0.25, 0.3) is 0 Å². The Morgan fingerprint density at radius 2 is 1.81 bits per heavy atom. The smallest absolute Gasteiger partial charge is 0.0192 e. The highest BCUT2D eigenvalue weighted by molar-refractivity contribution is 5.22. The van der Waals surface area contributed by atoms with E-state index in [9.17, 15) is 0 Å². The van der Waals surface area contributed by atoms with Crippen LogP contribution in [0.4, 0.5) is 0 Å². The molecule has 0 bridgehead atoms. The van der Waals surface area contributed by atoms with Crippen molar-refractivity contribution >= 4 is 0 Å². The summed E-state index contributed by atoms with van der Waals surface area (Å²) >= 11 is 0. The van der Waals surface area contributed by atoms with Crippen molar-refractivity contribution in [3.8, 4) is 0 Å². The Morgan fingerprint density at radius 3 is 2.52 bits per heavy atom. The maximum Gasteiger partial charge on any atom is 0.0192 e. The van der Waals surface area contributed by atoms with Gasteiger partial charge in [-0.3, -0.25) is 4.90 Å². The van der Waals surface area contributed by atoms with Gasteiger partial charge in [-0.2, -0.15) is 0 Å². The molecule has 0 spiro atoms. The van der Waals surface area contributed by atoms with E-state index in [0.717, 1.165) is 12.6 Å². The van der Waals surface area contributed by atoms with Gasteiger partial charge >= 0.3 is 0 Å². The van der Waals surface area contributed by atoms with Crippen LogP contribution in [0.15, 0.2) is 30.3 Å². The minimum absolute atomic E-state index is 0.649. The first-order chi connectivity index (χ1) is 10.3. The number of likely N-dealkylation sites (N-methyl/N-ethyl adjacent to an activating group) is 1. The highest BCUT2D eigenvalue weighted by Gasteiger charge is 2.30. The van der Waals surface area contributed by atoms with Gasteiger partial charge in [0.05, 0.1) is 0 Å². The van der Waals surface area contributed by atoms with Crippen molar-refractivity contribution < 1.29 is 0 Å². The van der Waals surface area contributed by atoms with Crippen LogP contribution < -0.4 is 5.32 Å². The van der Waals surface area contributed by atoms with E-state index in [2.05, 4.69) is 54.5 Å². The van der Waals surface area contributed by atoms with Crippen molar-refractivity contribution in [1.82, 2.24) is 10.2 Å². The Balaban J connectivity index is 1.57. The largest absolute Gasteiger partial charge is 0.312 e. The van der Waals surface area contributed by atoms with E-state index in [1.807, 2.05) is 0 Å². The zero-order valence-corrected chi connectivity index (χ0v) is 13.6. The first-order valence-electron chi connectivity index (χ1n) is 8.76. The molecule has 0 radical (unpaired) electrons. The first-order valence-corrected chi connectivity index (χ1v) is 8.76. The molecule has 1 aromatic carbocycles. The Kier molecular flexibility index (Phi) is 4.97. The second-order valence-corrected chi connectivity index (χ2v) is 7.06. The van der Waals surface area contributed by atoms with Gasteiger partial charge in [0.15, 0.2) is 0 Å². The van der Waals surface area contributed by atoms with Crippen LogP contribution in [-0.4, -0.2) is 36.6 Å². The molecule has 0 aromatic heterocycles. The molecule has 2 fully saturated rings. The third-order valence-corrected chi connectivity index (χ3v) is 5.49. The van der Waals surface area contributed by atoms with Crippen LogP contribution in [0.5, 0.6) is 0 Å². The molecule has 2 aliphatic carbocycles. The summed E-state index contributed by atoms with van der Waals surface area (Å²) in [7, 11) is 2.29.